The molecule has 2 rings (SSSR count). The zero-order chi connectivity index (χ0) is 18.4. The van der Waals surface area contributed by atoms with Gasteiger partial charge in [-0.3, -0.25) is 14.9 Å². The second kappa shape index (κ2) is 7.95. The molecule has 0 aliphatic carbocycles. The van der Waals surface area contributed by atoms with E-state index in [4.69, 9.17) is 13.9 Å². The lowest BCUT2D eigenvalue weighted by atomic mass is 10.2. The molecule has 1 atom stereocenters. The molecular weight excluding hydrogens is 332 g/mol. The minimum Gasteiger partial charge on any atom is -0.497 e. The summed E-state index contributed by atoms with van der Waals surface area (Å²) in [6.07, 6.45) is -1.09. The van der Waals surface area contributed by atoms with Crippen LogP contribution in [0.15, 0.2) is 40.8 Å². The third kappa shape index (κ3) is 4.80. The van der Waals surface area contributed by atoms with Crippen LogP contribution in [-0.4, -0.2) is 30.0 Å². The van der Waals surface area contributed by atoms with Crippen molar-refractivity contribution in [3.63, 3.8) is 0 Å². The van der Waals surface area contributed by atoms with Crippen molar-refractivity contribution in [2.24, 2.45) is 0 Å². The summed E-state index contributed by atoms with van der Waals surface area (Å²) < 4.78 is 14.7. The zero-order valence-electron chi connectivity index (χ0n) is 13.6. The van der Waals surface area contributed by atoms with Crippen molar-refractivity contribution in [2.45, 2.75) is 19.6 Å². The molecule has 1 amide bonds. The zero-order valence-corrected chi connectivity index (χ0v) is 13.6. The van der Waals surface area contributed by atoms with Crippen LogP contribution in [0.25, 0.3) is 0 Å². The molecule has 0 spiro atoms. The Morgan fingerprint density at radius 3 is 2.48 bits per heavy atom. The number of esters is 1. The molecule has 0 saturated carbocycles. The van der Waals surface area contributed by atoms with E-state index in [0.717, 1.165) is 17.7 Å². The Kier molecular flexibility index (Phi) is 5.72. The number of benzene rings is 1. The van der Waals surface area contributed by atoms with E-state index in [1.807, 2.05) is 0 Å². The van der Waals surface area contributed by atoms with Gasteiger partial charge in [-0.1, -0.05) is 12.1 Å². The second-order valence-corrected chi connectivity index (χ2v) is 5.01. The van der Waals surface area contributed by atoms with Gasteiger partial charge in [0, 0.05) is 6.54 Å². The van der Waals surface area contributed by atoms with Crippen LogP contribution >= 0.6 is 0 Å². The van der Waals surface area contributed by atoms with Gasteiger partial charge in [0.25, 0.3) is 5.91 Å². The van der Waals surface area contributed by atoms with E-state index in [1.165, 1.54) is 6.92 Å². The highest BCUT2D eigenvalue weighted by Crippen LogP contribution is 2.17. The lowest BCUT2D eigenvalue weighted by Crippen LogP contribution is -2.35. The fourth-order valence-electron chi connectivity index (χ4n) is 1.88. The normalized spacial score (nSPS) is 11.4. The van der Waals surface area contributed by atoms with E-state index in [-0.39, 0.29) is 12.3 Å². The van der Waals surface area contributed by atoms with Crippen LogP contribution in [0.5, 0.6) is 5.75 Å². The molecule has 9 heteroatoms. The van der Waals surface area contributed by atoms with Crippen molar-refractivity contribution in [1.82, 2.24) is 5.32 Å². The molecule has 0 aliphatic rings. The quantitative estimate of drug-likeness (QED) is 0.462. The summed E-state index contributed by atoms with van der Waals surface area (Å²) in [5.74, 6) is -1.69. The molecule has 9 nitrogen and oxygen atoms in total. The Morgan fingerprint density at radius 1 is 1.24 bits per heavy atom. The van der Waals surface area contributed by atoms with Gasteiger partial charge in [0.15, 0.2) is 6.10 Å². The fourth-order valence-corrected chi connectivity index (χ4v) is 1.88. The number of carbonyl (C=O) groups is 2. The van der Waals surface area contributed by atoms with E-state index >= 15 is 0 Å². The first kappa shape index (κ1) is 18.0. The molecule has 0 radical (unpaired) electrons. The van der Waals surface area contributed by atoms with Crippen molar-refractivity contribution in [3.8, 4) is 5.75 Å². The molecule has 25 heavy (non-hydrogen) atoms. The predicted molar refractivity (Wildman–Crippen MR) is 85.1 cm³/mol. The molecule has 0 fully saturated rings. The molecule has 0 aliphatic heterocycles. The summed E-state index contributed by atoms with van der Waals surface area (Å²) >= 11 is 0. The minimum absolute atomic E-state index is 0.247. The topological polar surface area (TPSA) is 121 Å². The first-order chi connectivity index (χ1) is 11.9. The summed E-state index contributed by atoms with van der Waals surface area (Å²) in [4.78, 5) is 33.5. The van der Waals surface area contributed by atoms with Crippen molar-refractivity contribution in [1.29, 1.82) is 0 Å². The van der Waals surface area contributed by atoms with Crippen LogP contribution in [0, 0.1) is 10.1 Å². The number of hydrogen-bond donors (Lipinski definition) is 1. The van der Waals surface area contributed by atoms with Gasteiger partial charge >= 0.3 is 11.9 Å². The smallest absolute Gasteiger partial charge is 0.433 e. The standard InChI is InChI=1S/C16H16N2O7/c1-10(24-16(20)13-7-8-14(25-13)18(21)22)15(19)17-9-11-3-5-12(23-2)6-4-11/h3-8,10H,9H2,1-2H3,(H,17,19)/t10-/m1/s1. The molecular formula is C16H16N2O7. The number of carbonyl (C=O) groups excluding carboxylic acids is 2. The number of nitrogens with one attached hydrogen (secondary N) is 1. The van der Waals surface area contributed by atoms with Crippen LogP contribution in [0.4, 0.5) is 5.88 Å². The molecule has 1 heterocycles. The Labute approximate surface area is 142 Å². The van der Waals surface area contributed by atoms with Gasteiger partial charge in [0.05, 0.1) is 13.2 Å². The van der Waals surface area contributed by atoms with Crippen LogP contribution in [0.2, 0.25) is 0 Å². The molecule has 2 aromatic rings. The number of nitro groups is 1. The van der Waals surface area contributed by atoms with E-state index < -0.39 is 28.8 Å². The molecule has 132 valence electrons. The SMILES string of the molecule is COc1ccc(CNC(=O)[C@@H](C)OC(=O)c2ccc([N+](=O)[O-])o2)cc1. The number of ether oxygens (including phenoxy) is 2. The van der Waals surface area contributed by atoms with Crippen LogP contribution < -0.4 is 10.1 Å². The minimum atomic E-state index is -1.09. The van der Waals surface area contributed by atoms with Crippen LogP contribution in [0.3, 0.4) is 0 Å². The fraction of sp³-hybridized carbons (Fsp3) is 0.250. The van der Waals surface area contributed by atoms with E-state index in [9.17, 15) is 19.7 Å². The summed E-state index contributed by atoms with van der Waals surface area (Å²) in [5.41, 5.74) is 0.842. The third-order valence-electron chi connectivity index (χ3n) is 3.25. The monoisotopic (exact) mass is 348 g/mol. The Morgan fingerprint density at radius 2 is 1.92 bits per heavy atom. The van der Waals surface area contributed by atoms with Crippen molar-refractivity contribution in [3.05, 3.63) is 57.8 Å². The van der Waals surface area contributed by atoms with Gasteiger partial charge in [-0.2, -0.15) is 0 Å². The van der Waals surface area contributed by atoms with Crippen molar-refractivity contribution in [2.75, 3.05) is 7.11 Å². The van der Waals surface area contributed by atoms with Crippen molar-refractivity contribution >= 4 is 17.8 Å². The molecule has 1 N–H and O–H groups in total. The Bertz CT molecular complexity index is 767. The summed E-state index contributed by atoms with van der Waals surface area (Å²) in [7, 11) is 1.56. The molecule has 0 unspecified atom stereocenters. The van der Waals surface area contributed by atoms with E-state index in [2.05, 4.69) is 5.32 Å². The molecule has 1 aromatic carbocycles. The maximum atomic E-state index is 12.0. The average molecular weight is 348 g/mol. The number of methoxy groups -OCH3 is 1. The van der Waals surface area contributed by atoms with Gasteiger partial charge in [0.1, 0.15) is 10.7 Å². The van der Waals surface area contributed by atoms with Gasteiger partial charge in [-0.15, -0.1) is 0 Å². The average Bonchev–Trinajstić information content (AvgIpc) is 3.10. The van der Waals surface area contributed by atoms with E-state index in [1.54, 1.807) is 31.4 Å². The number of amides is 1. The third-order valence-corrected chi connectivity index (χ3v) is 3.25. The van der Waals surface area contributed by atoms with Gasteiger partial charge in [-0.25, -0.2) is 4.79 Å². The largest absolute Gasteiger partial charge is 0.497 e. The predicted octanol–water partition coefficient (Wildman–Crippen LogP) is 2.06. The number of furan rings is 1. The molecule has 0 saturated heterocycles. The number of nitrogens with zero attached hydrogens (tertiary/aromatic N) is 1. The highest BCUT2D eigenvalue weighted by atomic mass is 16.7. The number of hydrogen-bond acceptors (Lipinski definition) is 7. The molecule has 1 aromatic heterocycles. The first-order valence-corrected chi connectivity index (χ1v) is 7.26. The summed E-state index contributed by atoms with van der Waals surface area (Å²) in [5, 5.41) is 13.1. The number of rotatable bonds is 7. The maximum Gasteiger partial charge on any atom is 0.433 e. The van der Waals surface area contributed by atoms with Gasteiger partial charge in [-0.05, 0) is 30.7 Å². The van der Waals surface area contributed by atoms with Crippen LogP contribution in [-0.2, 0) is 16.1 Å². The van der Waals surface area contributed by atoms with Crippen LogP contribution in [0.1, 0.15) is 23.0 Å². The highest BCUT2D eigenvalue weighted by molar-refractivity contribution is 5.90. The summed E-state index contributed by atoms with van der Waals surface area (Å²) in [6.45, 7) is 1.63. The van der Waals surface area contributed by atoms with Crippen molar-refractivity contribution < 1.29 is 28.4 Å². The van der Waals surface area contributed by atoms with E-state index in [0.29, 0.717) is 5.75 Å². The first-order valence-electron chi connectivity index (χ1n) is 7.26. The molecule has 0 bridgehead atoms. The van der Waals surface area contributed by atoms with Gasteiger partial charge < -0.3 is 19.2 Å². The van der Waals surface area contributed by atoms with Gasteiger partial charge in [0.2, 0.25) is 5.76 Å². The Hall–Kier alpha value is -3.36. The lowest BCUT2D eigenvalue weighted by molar-refractivity contribution is -0.402. The lowest BCUT2D eigenvalue weighted by Gasteiger charge is -2.12. The second-order valence-electron chi connectivity index (χ2n) is 5.01. The summed E-state index contributed by atoms with van der Waals surface area (Å²) in [6, 6.07) is 9.24. The maximum absolute atomic E-state index is 12.0. The Balaban J connectivity index is 1.86. The highest BCUT2D eigenvalue weighted by Gasteiger charge is 2.23.